The van der Waals surface area contributed by atoms with Gasteiger partial charge in [-0.25, -0.2) is 0 Å². The molecule has 1 aliphatic heterocycles. The lowest BCUT2D eigenvalue weighted by Gasteiger charge is -2.04. The lowest BCUT2D eigenvalue weighted by molar-refractivity contribution is 0.242. The number of hydrogen-bond acceptors (Lipinski definition) is 3. The summed E-state index contributed by atoms with van der Waals surface area (Å²) in [5.41, 5.74) is 1.30. The van der Waals surface area contributed by atoms with Crippen LogP contribution >= 0.6 is 12.3 Å². The Balaban J connectivity index is 1.94. The van der Waals surface area contributed by atoms with Crippen LogP contribution in [0.25, 0.3) is 0 Å². The largest absolute Gasteiger partial charge is 0.289 e. The molecule has 1 saturated heterocycles. The van der Waals surface area contributed by atoms with Gasteiger partial charge in [0, 0.05) is 6.42 Å². The smallest absolute Gasteiger partial charge is 0.159 e. The summed E-state index contributed by atoms with van der Waals surface area (Å²) in [6.45, 7) is 0.694. The van der Waals surface area contributed by atoms with E-state index in [9.17, 15) is 0 Å². The second-order valence-corrected chi connectivity index (χ2v) is 3.32. The number of hydrogen-bond donors (Lipinski definition) is 0. The first-order chi connectivity index (χ1) is 5.95. The Morgan fingerprint density at radius 3 is 2.83 bits per heavy atom. The van der Waals surface area contributed by atoms with Gasteiger partial charge in [0.05, 0.1) is 6.61 Å². The van der Waals surface area contributed by atoms with Crippen molar-refractivity contribution in [3.05, 3.63) is 35.9 Å². The first-order valence-corrected chi connectivity index (χ1v) is 4.61. The maximum Gasteiger partial charge on any atom is 0.159 e. The van der Waals surface area contributed by atoms with Crippen molar-refractivity contribution in [3.8, 4) is 0 Å². The van der Waals surface area contributed by atoms with Crippen LogP contribution < -0.4 is 0 Å². The molecule has 3 heteroatoms. The van der Waals surface area contributed by atoms with Crippen LogP contribution in [0.2, 0.25) is 0 Å². The highest BCUT2D eigenvalue weighted by Gasteiger charge is 2.17. The first kappa shape index (κ1) is 8.10. The molecule has 1 aromatic carbocycles. The Hall–Kier alpha value is -0.510. The van der Waals surface area contributed by atoms with Crippen LogP contribution in [0.15, 0.2) is 30.3 Å². The minimum atomic E-state index is 0.220. The molecular formula is C9H10O2S. The van der Waals surface area contributed by atoms with Crippen LogP contribution in [0.1, 0.15) is 5.56 Å². The zero-order chi connectivity index (χ0) is 8.23. The molecule has 1 aromatic rings. The topological polar surface area (TPSA) is 18.5 Å². The molecule has 0 spiro atoms. The molecule has 0 saturated carbocycles. The lowest BCUT2D eigenvalue weighted by Crippen LogP contribution is -2.11. The molecule has 0 unspecified atom stereocenters. The normalized spacial score (nSPS) is 22.8. The van der Waals surface area contributed by atoms with Crippen molar-refractivity contribution in [1.82, 2.24) is 0 Å². The Morgan fingerprint density at radius 1 is 1.33 bits per heavy atom. The summed E-state index contributed by atoms with van der Waals surface area (Å²) in [5.74, 6) is 0. The van der Waals surface area contributed by atoms with Crippen LogP contribution in [0.3, 0.4) is 0 Å². The standard InChI is InChI=1S/C9H10O2S/c1-2-4-8(5-3-1)6-9-7-10-12-11-9/h1-5,9H,6-7H2/t9-/m0/s1. The Labute approximate surface area is 76.3 Å². The highest BCUT2D eigenvalue weighted by molar-refractivity contribution is 7.90. The summed E-state index contributed by atoms with van der Waals surface area (Å²) >= 11 is 1.10. The molecule has 0 N–H and O–H groups in total. The van der Waals surface area contributed by atoms with Gasteiger partial charge in [0.1, 0.15) is 6.10 Å². The van der Waals surface area contributed by atoms with Crippen molar-refractivity contribution < 1.29 is 8.37 Å². The molecule has 0 radical (unpaired) electrons. The highest BCUT2D eigenvalue weighted by atomic mass is 32.2. The van der Waals surface area contributed by atoms with Gasteiger partial charge in [-0.2, -0.15) is 0 Å². The quantitative estimate of drug-likeness (QED) is 0.653. The predicted molar refractivity (Wildman–Crippen MR) is 48.6 cm³/mol. The van der Waals surface area contributed by atoms with Crippen LogP contribution in [0.5, 0.6) is 0 Å². The van der Waals surface area contributed by atoms with Gasteiger partial charge in [-0.3, -0.25) is 8.37 Å². The predicted octanol–water partition coefficient (Wildman–Crippen LogP) is 2.21. The Bertz CT molecular complexity index is 232. The summed E-state index contributed by atoms with van der Waals surface area (Å²) in [4.78, 5) is 0. The van der Waals surface area contributed by atoms with E-state index in [4.69, 9.17) is 8.37 Å². The molecule has 64 valence electrons. The van der Waals surface area contributed by atoms with Gasteiger partial charge in [0.2, 0.25) is 0 Å². The molecule has 2 nitrogen and oxygen atoms in total. The number of benzene rings is 1. The van der Waals surface area contributed by atoms with Crippen LogP contribution in [-0.2, 0) is 14.8 Å². The zero-order valence-corrected chi connectivity index (χ0v) is 7.42. The van der Waals surface area contributed by atoms with Crippen molar-refractivity contribution in [2.24, 2.45) is 0 Å². The van der Waals surface area contributed by atoms with Crippen LogP contribution in [0.4, 0.5) is 0 Å². The van der Waals surface area contributed by atoms with Gasteiger partial charge in [0.15, 0.2) is 12.3 Å². The zero-order valence-electron chi connectivity index (χ0n) is 6.60. The third kappa shape index (κ3) is 2.00. The minimum Gasteiger partial charge on any atom is -0.289 e. The molecule has 12 heavy (non-hydrogen) atoms. The van der Waals surface area contributed by atoms with Gasteiger partial charge < -0.3 is 0 Å². The van der Waals surface area contributed by atoms with Crippen molar-refractivity contribution in [2.75, 3.05) is 6.61 Å². The van der Waals surface area contributed by atoms with Crippen molar-refractivity contribution >= 4 is 12.3 Å². The lowest BCUT2D eigenvalue weighted by atomic mass is 10.1. The monoisotopic (exact) mass is 182 g/mol. The summed E-state index contributed by atoms with van der Waals surface area (Å²) in [5, 5.41) is 0. The SMILES string of the molecule is c1ccc(C[C@H]2COSO2)cc1. The van der Waals surface area contributed by atoms with Crippen LogP contribution in [0, 0.1) is 0 Å². The van der Waals surface area contributed by atoms with Gasteiger partial charge in [-0.15, -0.1) is 0 Å². The molecule has 1 fully saturated rings. The van der Waals surface area contributed by atoms with Gasteiger partial charge in [0.25, 0.3) is 0 Å². The summed E-state index contributed by atoms with van der Waals surface area (Å²) < 4.78 is 10.3. The van der Waals surface area contributed by atoms with E-state index in [2.05, 4.69) is 12.1 Å². The summed E-state index contributed by atoms with van der Waals surface area (Å²) in [6.07, 6.45) is 1.16. The third-order valence-corrected chi connectivity index (χ3v) is 2.37. The van der Waals surface area contributed by atoms with E-state index in [-0.39, 0.29) is 6.10 Å². The van der Waals surface area contributed by atoms with Gasteiger partial charge >= 0.3 is 0 Å². The second-order valence-electron chi connectivity index (χ2n) is 2.76. The molecule has 1 atom stereocenters. The minimum absolute atomic E-state index is 0.220. The molecule has 0 amide bonds. The van der Waals surface area contributed by atoms with E-state index in [0.29, 0.717) is 6.61 Å². The van der Waals surface area contributed by atoms with E-state index in [1.54, 1.807) is 0 Å². The van der Waals surface area contributed by atoms with E-state index in [0.717, 1.165) is 18.7 Å². The second kappa shape index (κ2) is 3.94. The van der Waals surface area contributed by atoms with E-state index in [1.807, 2.05) is 18.2 Å². The maximum atomic E-state index is 5.25. The van der Waals surface area contributed by atoms with E-state index >= 15 is 0 Å². The summed E-state index contributed by atoms with van der Waals surface area (Å²) in [6, 6.07) is 10.3. The fraction of sp³-hybridized carbons (Fsp3) is 0.333. The van der Waals surface area contributed by atoms with Crippen molar-refractivity contribution in [1.29, 1.82) is 0 Å². The molecule has 2 rings (SSSR count). The molecule has 1 aliphatic rings. The average molecular weight is 182 g/mol. The van der Waals surface area contributed by atoms with Gasteiger partial charge in [-0.1, -0.05) is 30.3 Å². The van der Waals surface area contributed by atoms with Gasteiger partial charge in [-0.05, 0) is 5.56 Å². The van der Waals surface area contributed by atoms with Crippen molar-refractivity contribution in [3.63, 3.8) is 0 Å². The highest BCUT2D eigenvalue weighted by Crippen LogP contribution is 2.21. The fourth-order valence-corrected chi connectivity index (χ4v) is 1.68. The van der Waals surface area contributed by atoms with Crippen LogP contribution in [-0.4, -0.2) is 12.7 Å². The van der Waals surface area contributed by atoms with E-state index < -0.39 is 0 Å². The Morgan fingerprint density at radius 2 is 2.17 bits per heavy atom. The van der Waals surface area contributed by atoms with Crippen molar-refractivity contribution in [2.45, 2.75) is 12.5 Å². The first-order valence-electron chi connectivity index (χ1n) is 3.94. The fourth-order valence-electron chi connectivity index (χ4n) is 1.18. The molecule has 0 aromatic heterocycles. The molecule has 0 aliphatic carbocycles. The summed E-state index contributed by atoms with van der Waals surface area (Å²) in [7, 11) is 0. The number of rotatable bonds is 2. The average Bonchev–Trinajstić information content (AvgIpc) is 2.59. The molecule has 1 heterocycles. The molecule has 0 bridgehead atoms. The van der Waals surface area contributed by atoms with E-state index in [1.165, 1.54) is 5.56 Å². The molecular weight excluding hydrogens is 172 g/mol. The third-order valence-electron chi connectivity index (χ3n) is 1.78. The Kier molecular flexibility index (Phi) is 2.66. The maximum absolute atomic E-state index is 5.25.